The molecule has 1 rings (SSSR count). The summed E-state index contributed by atoms with van der Waals surface area (Å²) < 4.78 is 5.31. The van der Waals surface area contributed by atoms with Crippen molar-refractivity contribution in [2.75, 3.05) is 6.61 Å². The van der Waals surface area contributed by atoms with Gasteiger partial charge in [0, 0.05) is 0 Å². The number of carbonyl (C=O) groups is 2. The fraction of sp³-hybridized carbons (Fsp3) is 0.467. The van der Waals surface area contributed by atoms with Gasteiger partial charge in [0.15, 0.2) is 6.61 Å². The molecule has 20 heavy (non-hydrogen) atoms. The number of carbonyl (C=O) groups excluding carboxylic acids is 1. The molecule has 0 aliphatic rings. The molecular formula is C15H21NO4. The summed E-state index contributed by atoms with van der Waals surface area (Å²) in [5.74, 6) is -0.955. The zero-order chi connectivity index (χ0) is 15.3. The van der Waals surface area contributed by atoms with Crippen molar-refractivity contribution in [1.82, 2.24) is 5.32 Å². The van der Waals surface area contributed by atoms with Crippen LogP contribution in [0.15, 0.2) is 24.3 Å². The number of hydrogen-bond acceptors (Lipinski definition) is 3. The van der Waals surface area contributed by atoms with Crippen LogP contribution in [0.5, 0.6) is 5.75 Å². The van der Waals surface area contributed by atoms with Gasteiger partial charge in [0.1, 0.15) is 11.8 Å². The first-order valence-corrected chi connectivity index (χ1v) is 6.45. The number of amides is 1. The van der Waals surface area contributed by atoms with Gasteiger partial charge in [-0.05, 0) is 30.0 Å². The molecule has 0 spiro atoms. The number of carboxylic acids is 1. The van der Waals surface area contributed by atoms with Gasteiger partial charge in [-0.25, -0.2) is 0 Å². The van der Waals surface area contributed by atoms with Crippen LogP contribution in [0.4, 0.5) is 0 Å². The largest absolute Gasteiger partial charge is 0.484 e. The molecule has 5 heteroatoms. The Morgan fingerprint density at radius 1 is 1.25 bits per heavy atom. The van der Waals surface area contributed by atoms with Gasteiger partial charge in [0.25, 0.3) is 5.91 Å². The zero-order valence-electron chi connectivity index (χ0n) is 12.3. The van der Waals surface area contributed by atoms with E-state index in [1.807, 2.05) is 12.1 Å². The number of ether oxygens (including phenoxy) is 1. The monoisotopic (exact) mass is 279 g/mol. The summed E-state index contributed by atoms with van der Waals surface area (Å²) in [6, 6.07) is 6.58. The van der Waals surface area contributed by atoms with Crippen molar-refractivity contribution in [2.45, 2.75) is 39.2 Å². The third-order valence-electron chi connectivity index (χ3n) is 2.84. The maximum absolute atomic E-state index is 11.5. The Labute approximate surface area is 118 Å². The highest BCUT2D eigenvalue weighted by Gasteiger charge is 2.15. The Morgan fingerprint density at radius 2 is 1.80 bits per heavy atom. The number of benzene rings is 1. The smallest absolute Gasteiger partial charge is 0.325 e. The molecule has 1 aromatic carbocycles. The van der Waals surface area contributed by atoms with Gasteiger partial charge in [0.2, 0.25) is 0 Å². The van der Waals surface area contributed by atoms with Gasteiger partial charge in [-0.3, -0.25) is 9.59 Å². The van der Waals surface area contributed by atoms with Crippen molar-refractivity contribution in [1.29, 1.82) is 0 Å². The van der Waals surface area contributed by atoms with E-state index < -0.39 is 17.9 Å². The Morgan fingerprint density at radius 3 is 2.25 bits per heavy atom. The van der Waals surface area contributed by atoms with E-state index in [9.17, 15) is 9.59 Å². The van der Waals surface area contributed by atoms with Crippen LogP contribution in [-0.4, -0.2) is 29.6 Å². The molecule has 0 fully saturated rings. The van der Waals surface area contributed by atoms with E-state index in [0.717, 1.165) is 0 Å². The Hall–Kier alpha value is -2.04. The maximum atomic E-state index is 11.5. The predicted octanol–water partition coefficient (Wildman–Crippen LogP) is 1.95. The first kappa shape index (κ1) is 16.0. The second-order valence-corrected chi connectivity index (χ2v) is 5.69. The van der Waals surface area contributed by atoms with Gasteiger partial charge in [-0.15, -0.1) is 0 Å². The first-order valence-electron chi connectivity index (χ1n) is 6.45. The quantitative estimate of drug-likeness (QED) is 0.864. The van der Waals surface area contributed by atoms with Crippen molar-refractivity contribution in [3.63, 3.8) is 0 Å². The third-order valence-corrected chi connectivity index (χ3v) is 2.84. The van der Waals surface area contributed by atoms with Crippen LogP contribution in [0.1, 0.15) is 33.3 Å². The molecule has 0 heterocycles. The van der Waals surface area contributed by atoms with E-state index in [4.69, 9.17) is 9.84 Å². The second-order valence-electron chi connectivity index (χ2n) is 5.69. The van der Waals surface area contributed by atoms with E-state index in [2.05, 4.69) is 26.1 Å². The van der Waals surface area contributed by atoms with Crippen molar-refractivity contribution in [3.05, 3.63) is 29.8 Å². The van der Waals surface area contributed by atoms with Gasteiger partial charge in [-0.2, -0.15) is 0 Å². The van der Waals surface area contributed by atoms with Crippen molar-refractivity contribution >= 4 is 11.9 Å². The molecule has 1 amide bonds. The number of nitrogens with one attached hydrogen (secondary N) is 1. The van der Waals surface area contributed by atoms with E-state index in [1.54, 1.807) is 12.1 Å². The van der Waals surface area contributed by atoms with Gasteiger partial charge in [0.05, 0.1) is 0 Å². The average Bonchev–Trinajstić information content (AvgIpc) is 2.35. The predicted molar refractivity (Wildman–Crippen MR) is 75.9 cm³/mol. The number of carboxylic acid groups (broad SMARTS) is 1. The highest BCUT2D eigenvalue weighted by Crippen LogP contribution is 2.24. The summed E-state index contributed by atoms with van der Waals surface area (Å²) >= 11 is 0. The topological polar surface area (TPSA) is 75.6 Å². The van der Waals surface area contributed by atoms with Crippen LogP contribution >= 0.6 is 0 Å². The normalized spacial score (nSPS) is 12.6. The summed E-state index contributed by atoms with van der Waals surface area (Å²) in [5, 5.41) is 11.0. The lowest BCUT2D eigenvalue weighted by molar-refractivity contribution is -0.141. The van der Waals surface area contributed by atoms with Gasteiger partial charge in [-0.1, -0.05) is 32.9 Å². The zero-order valence-corrected chi connectivity index (χ0v) is 12.3. The minimum Gasteiger partial charge on any atom is -0.484 e. The third kappa shape index (κ3) is 4.91. The molecule has 1 atom stereocenters. The van der Waals surface area contributed by atoms with Crippen LogP contribution in [0.25, 0.3) is 0 Å². The van der Waals surface area contributed by atoms with Gasteiger partial charge >= 0.3 is 5.97 Å². The van der Waals surface area contributed by atoms with Crippen molar-refractivity contribution in [3.8, 4) is 5.75 Å². The van der Waals surface area contributed by atoms with E-state index in [-0.39, 0.29) is 12.0 Å². The highest BCUT2D eigenvalue weighted by atomic mass is 16.5. The van der Waals surface area contributed by atoms with Crippen molar-refractivity contribution in [2.24, 2.45) is 0 Å². The standard InChI is InChI=1S/C15H21NO4/c1-10(14(18)19)16-13(17)9-20-12-7-5-11(6-8-12)15(2,3)4/h5-8,10H,9H2,1-4H3,(H,16,17)(H,18,19)/t10-/m0/s1. The van der Waals surface area contributed by atoms with Crippen LogP contribution in [0.3, 0.4) is 0 Å². The molecule has 110 valence electrons. The number of aliphatic carboxylic acids is 1. The molecule has 0 unspecified atom stereocenters. The summed E-state index contributed by atoms with van der Waals surface area (Å²) in [5.41, 5.74) is 1.24. The summed E-state index contributed by atoms with van der Waals surface area (Å²) in [6.45, 7) is 7.54. The van der Waals surface area contributed by atoms with Crippen LogP contribution in [0.2, 0.25) is 0 Å². The Kier molecular flexibility index (Phi) is 5.13. The molecule has 0 aliphatic heterocycles. The van der Waals surface area contributed by atoms with Crippen LogP contribution in [-0.2, 0) is 15.0 Å². The molecule has 0 saturated heterocycles. The lowest BCUT2D eigenvalue weighted by Gasteiger charge is -2.19. The molecule has 5 nitrogen and oxygen atoms in total. The molecule has 0 saturated carbocycles. The fourth-order valence-corrected chi connectivity index (χ4v) is 1.54. The van der Waals surface area contributed by atoms with Gasteiger partial charge < -0.3 is 15.2 Å². The molecule has 0 aromatic heterocycles. The first-order chi connectivity index (χ1) is 9.20. The maximum Gasteiger partial charge on any atom is 0.325 e. The lowest BCUT2D eigenvalue weighted by atomic mass is 9.87. The van der Waals surface area contributed by atoms with E-state index >= 15 is 0 Å². The summed E-state index contributed by atoms with van der Waals surface area (Å²) in [7, 11) is 0. The fourth-order valence-electron chi connectivity index (χ4n) is 1.54. The van der Waals surface area contributed by atoms with E-state index in [0.29, 0.717) is 5.75 Å². The van der Waals surface area contributed by atoms with Crippen LogP contribution < -0.4 is 10.1 Å². The number of hydrogen-bond donors (Lipinski definition) is 2. The molecule has 1 aromatic rings. The van der Waals surface area contributed by atoms with Crippen LogP contribution in [0, 0.1) is 0 Å². The molecule has 0 radical (unpaired) electrons. The Balaban J connectivity index is 2.50. The molecule has 2 N–H and O–H groups in total. The second kappa shape index (κ2) is 6.41. The number of rotatable bonds is 5. The molecule has 0 aliphatic carbocycles. The summed E-state index contributed by atoms with van der Waals surface area (Å²) in [6.07, 6.45) is 0. The van der Waals surface area contributed by atoms with Crippen molar-refractivity contribution < 1.29 is 19.4 Å². The Bertz CT molecular complexity index is 474. The minimum absolute atomic E-state index is 0.0623. The van der Waals surface area contributed by atoms with E-state index in [1.165, 1.54) is 12.5 Å². The summed E-state index contributed by atoms with van der Waals surface area (Å²) in [4.78, 5) is 22.0. The minimum atomic E-state index is -1.08. The molecule has 0 bridgehead atoms. The SMILES string of the molecule is C[C@H](NC(=O)COc1ccc(C(C)(C)C)cc1)C(=O)O. The average molecular weight is 279 g/mol. The lowest BCUT2D eigenvalue weighted by Crippen LogP contribution is -2.40. The highest BCUT2D eigenvalue weighted by molar-refractivity contribution is 5.84. The molecular weight excluding hydrogens is 258 g/mol.